The van der Waals surface area contributed by atoms with Gasteiger partial charge < -0.3 is 5.73 Å². The molecule has 0 aliphatic rings. The Kier molecular flexibility index (Phi) is 2.66. The monoisotopic (exact) mass is 179 g/mol. The summed E-state index contributed by atoms with van der Waals surface area (Å²) >= 11 is 0. The van der Waals surface area contributed by atoms with Crippen molar-refractivity contribution < 1.29 is 0 Å². The summed E-state index contributed by atoms with van der Waals surface area (Å²) in [4.78, 5) is 8.34. The third-order valence-electron chi connectivity index (χ3n) is 1.94. The number of nitrogens with zero attached hydrogens (tertiary/aromatic N) is 2. The van der Waals surface area contributed by atoms with Gasteiger partial charge in [0, 0.05) is 5.69 Å². The predicted octanol–water partition coefficient (Wildman–Crippen LogP) is 1.79. The van der Waals surface area contributed by atoms with Crippen LogP contribution in [0.4, 0.5) is 0 Å². The summed E-state index contributed by atoms with van der Waals surface area (Å²) in [7, 11) is 0. The Morgan fingerprint density at radius 1 is 1.31 bits per heavy atom. The van der Waals surface area contributed by atoms with Crippen molar-refractivity contribution in [3.63, 3.8) is 0 Å². The Balaban J connectivity index is 3.06. The van der Waals surface area contributed by atoms with Crippen LogP contribution in [0, 0.1) is 0 Å². The van der Waals surface area contributed by atoms with Crippen LogP contribution in [0.15, 0.2) is 12.4 Å². The molecule has 0 fully saturated rings. The molecule has 1 aromatic heterocycles. The summed E-state index contributed by atoms with van der Waals surface area (Å²) in [6, 6.07) is 1.98. The average Bonchev–Trinajstić information content (AvgIpc) is 2.03. The van der Waals surface area contributed by atoms with E-state index in [0.717, 1.165) is 11.4 Å². The normalized spacial score (nSPS) is 12.2. The van der Waals surface area contributed by atoms with Crippen molar-refractivity contribution in [2.24, 2.45) is 5.73 Å². The van der Waals surface area contributed by atoms with Crippen LogP contribution in [0.2, 0.25) is 0 Å². The summed E-state index contributed by atoms with van der Waals surface area (Å²) in [6.45, 7) is 8.10. The van der Waals surface area contributed by atoms with Gasteiger partial charge in [0.15, 0.2) is 0 Å². The van der Waals surface area contributed by atoms with Crippen LogP contribution in [0.25, 0.3) is 0 Å². The number of hydrogen-bond donors (Lipinski definition) is 1. The summed E-state index contributed by atoms with van der Waals surface area (Å²) in [5.74, 6) is 0.420. The van der Waals surface area contributed by atoms with E-state index in [-0.39, 0.29) is 5.54 Å². The topological polar surface area (TPSA) is 51.8 Å². The molecule has 0 aliphatic heterocycles. The standard InChI is InChI=1S/C10H17N3/c1-7(2)8-5-9(10(3,4)11)13-6-12-8/h5-7H,11H2,1-4H3. The molecule has 1 aromatic rings. The molecule has 0 saturated carbocycles. The molecule has 2 N–H and O–H groups in total. The van der Waals surface area contributed by atoms with Gasteiger partial charge in [-0.25, -0.2) is 9.97 Å². The molecule has 0 bridgehead atoms. The molecule has 0 aromatic carbocycles. The molecule has 13 heavy (non-hydrogen) atoms. The highest BCUT2D eigenvalue weighted by Gasteiger charge is 2.16. The van der Waals surface area contributed by atoms with E-state index in [9.17, 15) is 0 Å². The average molecular weight is 179 g/mol. The van der Waals surface area contributed by atoms with E-state index in [1.54, 1.807) is 6.33 Å². The lowest BCUT2D eigenvalue weighted by Gasteiger charge is -2.18. The number of rotatable bonds is 2. The summed E-state index contributed by atoms with van der Waals surface area (Å²) in [5.41, 5.74) is 7.49. The van der Waals surface area contributed by atoms with Gasteiger partial charge in [0.05, 0.1) is 11.2 Å². The van der Waals surface area contributed by atoms with Crippen molar-refractivity contribution in [3.05, 3.63) is 23.8 Å². The van der Waals surface area contributed by atoms with Crippen LogP contribution in [-0.4, -0.2) is 9.97 Å². The van der Waals surface area contributed by atoms with E-state index in [1.165, 1.54) is 0 Å². The lowest BCUT2D eigenvalue weighted by Crippen LogP contribution is -2.30. The minimum atomic E-state index is -0.382. The van der Waals surface area contributed by atoms with Crippen molar-refractivity contribution in [1.29, 1.82) is 0 Å². The Bertz CT molecular complexity index is 286. The zero-order valence-electron chi connectivity index (χ0n) is 8.70. The number of hydrogen-bond acceptors (Lipinski definition) is 3. The lowest BCUT2D eigenvalue weighted by atomic mass is 9.99. The van der Waals surface area contributed by atoms with Crippen LogP contribution in [0.5, 0.6) is 0 Å². The fourth-order valence-corrected chi connectivity index (χ4v) is 1.04. The third kappa shape index (κ3) is 2.49. The SMILES string of the molecule is CC(C)c1cc(C(C)(C)N)ncn1. The van der Waals surface area contributed by atoms with Gasteiger partial charge in [-0.1, -0.05) is 13.8 Å². The zero-order chi connectivity index (χ0) is 10.1. The van der Waals surface area contributed by atoms with Gasteiger partial charge >= 0.3 is 0 Å². The first kappa shape index (κ1) is 10.1. The maximum absolute atomic E-state index is 5.94. The van der Waals surface area contributed by atoms with Crippen molar-refractivity contribution in [2.75, 3.05) is 0 Å². The Morgan fingerprint density at radius 3 is 2.38 bits per heavy atom. The molecule has 1 rings (SSSR count). The van der Waals surface area contributed by atoms with Crippen LogP contribution in [0.3, 0.4) is 0 Å². The fourth-order valence-electron chi connectivity index (χ4n) is 1.04. The highest BCUT2D eigenvalue weighted by molar-refractivity contribution is 5.17. The van der Waals surface area contributed by atoms with Crippen LogP contribution >= 0.6 is 0 Å². The van der Waals surface area contributed by atoms with Crippen LogP contribution < -0.4 is 5.73 Å². The summed E-state index contributed by atoms with van der Waals surface area (Å²) in [6.07, 6.45) is 1.58. The molecule has 0 radical (unpaired) electrons. The Labute approximate surface area is 79.4 Å². The highest BCUT2D eigenvalue weighted by Crippen LogP contribution is 2.17. The van der Waals surface area contributed by atoms with Gasteiger partial charge in [-0.2, -0.15) is 0 Å². The predicted molar refractivity (Wildman–Crippen MR) is 53.3 cm³/mol. The minimum absolute atomic E-state index is 0.382. The van der Waals surface area contributed by atoms with E-state index in [0.29, 0.717) is 5.92 Å². The van der Waals surface area contributed by atoms with Crippen molar-refractivity contribution in [1.82, 2.24) is 9.97 Å². The first-order valence-electron chi connectivity index (χ1n) is 4.52. The first-order valence-corrected chi connectivity index (χ1v) is 4.52. The molecule has 0 spiro atoms. The Hall–Kier alpha value is -0.960. The van der Waals surface area contributed by atoms with Gasteiger partial charge in [-0.3, -0.25) is 0 Å². The van der Waals surface area contributed by atoms with E-state index in [2.05, 4.69) is 23.8 Å². The van der Waals surface area contributed by atoms with E-state index >= 15 is 0 Å². The fraction of sp³-hybridized carbons (Fsp3) is 0.600. The molecular formula is C10H17N3. The number of nitrogens with two attached hydrogens (primary N) is 1. The van der Waals surface area contributed by atoms with Crippen molar-refractivity contribution >= 4 is 0 Å². The zero-order valence-corrected chi connectivity index (χ0v) is 8.70. The molecule has 1 heterocycles. The second-order valence-corrected chi connectivity index (χ2v) is 4.20. The molecule has 0 amide bonds. The molecule has 3 nitrogen and oxygen atoms in total. The smallest absolute Gasteiger partial charge is 0.116 e. The second-order valence-electron chi connectivity index (χ2n) is 4.20. The van der Waals surface area contributed by atoms with E-state index in [4.69, 9.17) is 5.73 Å². The molecule has 0 aliphatic carbocycles. The minimum Gasteiger partial charge on any atom is -0.321 e. The van der Waals surface area contributed by atoms with Crippen LogP contribution in [0.1, 0.15) is 45.0 Å². The number of aromatic nitrogens is 2. The summed E-state index contributed by atoms with van der Waals surface area (Å²) < 4.78 is 0. The molecule has 0 saturated heterocycles. The van der Waals surface area contributed by atoms with E-state index in [1.807, 2.05) is 19.9 Å². The molecule has 72 valence electrons. The lowest BCUT2D eigenvalue weighted by molar-refractivity contribution is 0.531. The molecule has 0 atom stereocenters. The molecule has 0 unspecified atom stereocenters. The quantitative estimate of drug-likeness (QED) is 0.753. The van der Waals surface area contributed by atoms with Crippen molar-refractivity contribution in [2.45, 2.75) is 39.2 Å². The third-order valence-corrected chi connectivity index (χ3v) is 1.94. The van der Waals surface area contributed by atoms with Gasteiger partial charge in [-0.15, -0.1) is 0 Å². The second kappa shape index (κ2) is 3.42. The van der Waals surface area contributed by atoms with Gasteiger partial charge in [0.25, 0.3) is 0 Å². The maximum atomic E-state index is 5.94. The Morgan fingerprint density at radius 2 is 1.92 bits per heavy atom. The maximum Gasteiger partial charge on any atom is 0.116 e. The van der Waals surface area contributed by atoms with Crippen molar-refractivity contribution in [3.8, 4) is 0 Å². The largest absolute Gasteiger partial charge is 0.321 e. The van der Waals surface area contributed by atoms with E-state index < -0.39 is 0 Å². The summed E-state index contributed by atoms with van der Waals surface area (Å²) in [5, 5.41) is 0. The van der Waals surface area contributed by atoms with Gasteiger partial charge in [0.2, 0.25) is 0 Å². The van der Waals surface area contributed by atoms with Gasteiger partial charge in [0.1, 0.15) is 6.33 Å². The first-order chi connectivity index (χ1) is 5.91. The highest BCUT2D eigenvalue weighted by atomic mass is 14.9. The van der Waals surface area contributed by atoms with Crippen LogP contribution in [-0.2, 0) is 5.54 Å². The molecule has 3 heteroatoms. The van der Waals surface area contributed by atoms with Gasteiger partial charge in [-0.05, 0) is 25.8 Å². The molecular weight excluding hydrogens is 162 g/mol.